The number of H-pyrrole nitrogens is 1. The van der Waals surface area contributed by atoms with Gasteiger partial charge in [-0.1, -0.05) is 41.9 Å². The number of likely N-dealkylation sites (tertiary alicyclic amines) is 1. The van der Waals surface area contributed by atoms with E-state index in [0.717, 1.165) is 29.4 Å². The van der Waals surface area contributed by atoms with Crippen molar-refractivity contribution in [3.8, 4) is 0 Å². The van der Waals surface area contributed by atoms with Crippen LogP contribution in [0.1, 0.15) is 24.4 Å². The molecule has 1 aliphatic rings. The SMILES string of the molecule is O=C(Cc1ccccc1Cl)N1CCC(n2c(=O)[nH]c3ccccc32)CC1. The minimum Gasteiger partial charge on any atom is -0.342 e. The largest absolute Gasteiger partial charge is 0.342 e. The summed E-state index contributed by atoms with van der Waals surface area (Å²) in [6.45, 7) is 1.31. The lowest BCUT2D eigenvalue weighted by molar-refractivity contribution is -0.131. The first-order valence-corrected chi connectivity index (χ1v) is 9.21. The molecule has 2 heterocycles. The second kappa shape index (κ2) is 7.00. The fourth-order valence-corrected chi connectivity index (χ4v) is 3.93. The summed E-state index contributed by atoms with van der Waals surface area (Å²) in [6.07, 6.45) is 1.86. The summed E-state index contributed by atoms with van der Waals surface area (Å²) in [6, 6.07) is 15.3. The van der Waals surface area contributed by atoms with Crippen LogP contribution in [0, 0.1) is 0 Å². The topological polar surface area (TPSA) is 58.1 Å². The Hall–Kier alpha value is -2.53. The number of amides is 1. The molecular weight excluding hydrogens is 350 g/mol. The van der Waals surface area contributed by atoms with Crippen molar-refractivity contribution in [1.82, 2.24) is 14.5 Å². The number of hydrogen-bond acceptors (Lipinski definition) is 2. The Kier molecular flexibility index (Phi) is 4.55. The molecule has 0 radical (unpaired) electrons. The third kappa shape index (κ3) is 3.15. The second-order valence-corrected chi connectivity index (χ2v) is 7.10. The van der Waals surface area contributed by atoms with Gasteiger partial charge < -0.3 is 9.88 Å². The molecule has 2 aromatic carbocycles. The van der Waals surface area contributed by atoms with Crippen LogP contribution >= 0.6 is 11.6 Å². The van der Waals surface area contributed by atoms with Gasteiger partial charge in [-0.2, -0.15) is 0 Å². The first-order chi connectivity index (χ1) is 12.6. The number of hydrogen-bond donors (Lipinski definition) is 1. The van der Waals surface area contributed by atoms with Gasteiger partial charge in [-0.15, -0.1) is 0 Å². The monoisotopic (exact) mass is 369 g/mol. The molecule has 1 fully saturated rings. The lowest BCUT2D eigenvalue weighted by atomic mass is 10.0. The van der Waals surface area contributed by atoms with Gasteiger partial charge in [0.1, 0.15) is 0 Å². The zero-order valence-electron chi connectivity index (χ0n) is 14.3. The van der Waals surface area contributed by atoms with Gasteiger partial charge >= 0.3 is 5.69 Å². The van der Waals surface area contributed by atoms with Crippen LogP contribution in [0.25, 0.3) is 11.0 Å². The van der Waals surface area contributed by atoms with Gasteiger partial charge in [0.05, 0.1) is 17.5 Å². The fourth-order valence-electron chi connectivity index (χ4n) is 3.73. The van der Waals surface area contributed by atoms with E-state index in [-0.39, 0.29) is 17.6 Å². The molecular formula is C20H20ClN3O2. The summed E-state index contributed by atoms with van der Waals surface area (Å²) in [5, 5.41) is 0.626. The fraction of sp³-hybridized carbons (Fsp3) is 0.300. The van der Waals surface area contributed by atoms with Gasteiger partial charge in [-0.05, 0) is 36.6 Å². The summed E-state index contributed by atoms with van der Waals surface area (Å²) in [5.41, 5.74) is 2.56. The Morgan fingerprint density at radius 2 is 1.77 bits per heavy atom. The standard InChI is InChI=1S/C20H20ClN3O2/c21-16-6-2-1-5-14(16)13-19(25)23-11-9-15(10-12-23)24-18-8-4-3-7-17(18)22-20(24)26/h1-8,15H,9-13H2,(H,22,26). The van der Waals surface area contributed by atoms with Gasteiger partial charge in [-0.25, -0.2) is 4.79 Å². The number of halogens is 1. The van der Waals surface area contributed by atoms with Gasteiger partial charge in [0.15, 0.2) is 0 Å². The number of imidazole rings is 1. The number of benzene rings is 2. The highest BCUT2D eigenvalue weighted by atomic mass is 35.5. The normalized spacial score (nSPS) is 15.5. The Balaban J connectivity index is 1.45. The summed E-state index contributed by atoms with van der Waals surface area (Å²) >= 11 is 6.16. The highest BCUT2D eigenvalue weighted by molar-refractivity contribution is 6.31. The molecule has 0 aliphatic carbocycles. The molecule has 5 nitrogen and oxygen atoms in total. The van der Waals surface area contributed by atoms with Crippen molar-refractivity contribution in [2.24, 2.45) is 0 Å². The number of para-hydroxylation sites is 2. The van der Waals surface area contributed by atoms with Gasteiger partial charge in [0.25, 0.3) is 0 Å². The molecule has 1 N–H and O–H groups in total. The molecule has 0 spiro atoms. The average Bonchev–Trinajstić information content (AvgIpc) is 2.99. The Bertz CT molecular complexity index is 999. The smallest absolute Gasteiger partial charge is 0.326 e. The van der Waals surface area contributed by atoms with Crippen molar-refractivity contribution in [1.29, 1.82) is 0 Å². The summed E-state index contributed by atoms with van der Waals surface area (Å²) in [5.74, 6) is 0.0859. The first kappa shape index (κ1) is 16.9. The molecule has 0 saturated carbocycles. The number of fused-ring (bicyclic) bond motifs is 1. The van der Waals surface area contributed by atoms with E-state index in [0.29, 0.717) is 24.5 Å². The van der Waals surface area contributed by atoms with E-state index in [1.54, 1.807) is 6.07 Å². The predicted molar refractivity (Wildman–Crippen MR) is 103 cm³/mol. The highest BCUT2D eigenvalue weighted by Gasteiger charge is 2.26. The number of aromatic amines is 1. The molecule has 1 amide bonds. The van der Waals surface area contributed by atoms with Crippen LogP contribution in [0.4, 0.5) is 0 Å². The number of aromatic nitrogens is 2. The molecule has 6 heteroatoms. The van der Waals surface area contributed by atoms with Crippen LogP contribution in [0.15, 0.2) is 53.3 Å². The van der Waals surface area contributed by atoms with E-state index >= 15 is 0 Å². The molecule has 134 valence electrons. The highest BCUT2D eigenvalue weighted by Crippen LogP contribution is 2.25. The molecule has 26 heavy (non-hydrogen) atoms. The maximum Gasteiger partial charge on any atom is 0.326 e. The van der Waals surface area contributed by atoms with Gasteiger partial charge in [0, 0.05) is 24.2 Å². The maximum absolute atomic E-state index is 12.6. The minimum atomic E-state index is -0.0768. The lowest BCUT2D eigenvalue weighted by Gasteiger charge is -2.32. The number of carbonyl (C=O) groups is 1. The van der Waals surface area contributed by atoms with E-state index in [2.05, 4.69) is 4.98 Å². The van der Waals surface area contributed by atoms with Crippen LogP contribution in [-0.2, 0) is 11.2 Å². The third-order valence-corrected chi connectivity index (χ3v) is 5.47. The van der Waals surface area contributed by atoms with Crippen molar-refractivity contribution < 1.29 is 4.79 Å². The van der Waals surface area contributed by atoms with Gasteiger partial charge in [0.2, 0.25) is 5.91 Å². The third-order valence-electron chi connectivity index (χ3n) is 5.11. The average molecular weight is 370 g/mol. The summed E-state index contributed by atoms with van der Waals surface area (Å²) in [4.78, 5) is 29.7. The molecule has 3 aromatic rings. The molecule has 4 rings (SSSR count). The summed E-state index contributed by atoms with van der Waals surface area (Å²) in [7, 11) is 0. The lowest BCUT2D eigenvalue weighted by Crippen LogP contribution is -2.41. The number of carbonyl (C=O) groups excluding carboxylic acids is 1. The Morgan fingerprint density at radius 1 is 1.08 bits per heavy atom. The predicted octanol–water partition coefficient (Wildman–Crippen LogP) is 3.39. The molecule has 0 atom stereocenters. The number of rotatable bonds is 3. The zero-order chi connectivity index (χ0) is 18.1. The van der Waals surface area contributed by atoms with Gasteiger partial charge in [-0.3, -0.25) is 9.36 Å². The van der Waals surface area contributed by atoms with E-state index < -0.39 is 0 Å². The Morgan fingerprint density at radius 3 is 2.54 bits per heavy atom. The number of nitrogens with one attached hydrogen (secondary N) is 1. The molecule has 1 aromatic heterocycles. The van der Waals surface area contributed by atoms with E-state index in [4.69, 9.17) is 11.6 Å². The number of piperidine rings is 1. The maximum atomic E-state index is 12.6. The zero-order valence-corrected chi connectivity index (χ0v) is 15.1. The molecule has 0 unspecified atom stereocenters. The van der Waals surface area contributed by atoms with Crippen molar-refractivity contribution >= 4 is 28.5 Å². The quantitative estimate of drug-likeness (QED) is 0.769. The number of nitrogens with zero attached hydrogens (tertiary/aromatic N) is 2. The first-order valence-electron chi connectivity index (χ1n) is 8.84. The minimum absolute atomic E-state index is 0.0768. The molecule has 1 aliphatic heterocycles. The van der Waals surface area contributed by atoms with E-state index in [1.165, 1.54) is 0 Å². The van der Waals surface area contributed by atoms with Crippen LogP contribution in [0.2, 0.25) is 5.02 Å². The van der Waals surface area contributed by atoms with Crippen molar-refractivity contribution in [2.75, 3.05) is 13.1 Å². The van der Waals surface area contributed by atoms with Crippen LogP contribution in [0.5, 0.6) is 0 Å². The van der Waals surface area contributed by atoms with E-state index in [9.17, 15) is 9.59 Å². The molecule has 1 saturated heterocycles. The van der Waals surface area contributed by atoms with Crippen LogP contribution < -0.4 is 5.69 Å². The second-order valence-electron chi connectivity index (χ2n) is 6.70. The van der Waals surface area contributed by atoms with Crippen molar-refractivity contribution in [2.45, 2.75) is 25.3 Å². The van der Waals surface area contributed by atoms with Crippen molar-refractivity contribution in [3.63, 3.8) is 0 Å². The van der Waals surface area contributed by atoms with Crippen LogP contribution in [0.3, 0.4) is 0 Å². The van der Waals surface area contributed by atoms with E-state index in [1.807, 2.05) is 51.9 Å². The Labute approximate surface area is 156 Å². The van der Waals surface area contributed by atoms with Crippen LogP contribution in [-0.4, -0.2) is 33.4 Å². The summed E-state index contributed by atoms with van der Waals surface area (Å²) < 4.78 is 1.84. The van der Waals surface area contributed by atoms with Crippen molar-refractivity contribution in [3.05, 3.63) is 69.6 Å². The molecule has 0 bridgehead atoms.